The van der Waals surface area contributed by atoms with Crippen LogP contribution in [-0.2, 0) is 26.2 Å². The number of carbonyl (C=O) groups excluding carboxylic acids is 2. The number of benzene rings is 3. The summed E-state index contributed by atoms with van der Waals surface area (Å²) in [6, 6.07) is 17.3. The van der Waals surface area contributed by atoms with Crippen molar-refractivity contribution in [3.05, 3.63) is 93.5 Å². The molecule has 7 nitrogen and oxygen atoms in total. The first-order chi connectivity index (χ1) is 18.8. The lowest BCUT2D eigenvalue weighted by atomic mass is 10.1. The molecule has 0 aliphatic carbocycles. The van der Waals surface area contributed by atoms with Crippen molar-refractivity contribution in [3.8, 4) is 0 Å². The molecule has 0 aliphatic heterocycles. The van der Waals surface area contributed by atoms with Crippen molar-refractivity contribution in [1.82, 2.24) is 10.2 Å². The topological polar surface area (TPSA) is 86.8 Å². The van der Waals surface area contributed by atoms with Crippen molar-refractivity contribution in [2.45, 2.75) is 64.6 Å². The van der Waals surface area contributed by atoms with E-state index >= 15 is 0 Å². The van der Waals surface area contributed by atoms with Crippen LogP contribution in [0.5, 0.6) is 0 Å². The number of halogens is 2. The maximum absolute atomic E-state index is 14.0. The average molecular weight is 605 g/mol. The third-order valence-corrected chi connectivity index (χ3v) is 9.27. The van der Waals surface area contributed by atoms with Gasteiger partial charge in [0, 0.05) is 22.6 Å². The molecule has 0 bridgehead atoms. The van der Waals surface area contributed by atoms with Gasteiger partial charge in [-0.1, -0.05) is 66.0 Å². The van der Waals surface area contributed by atoms with Gasteiger partial charge in [0.2, 0.25) is 11.8 Å². The number of nitrogens with zero attached hydrogens (tertiary/aromatic N) is 2. The van der Waals surface area contributed by atoms with Gasteiger partial charge in [-0.05, 0) is 81.6 Å². The van der Waals surface area contributed by atoms with Gasteiger partial charge in [-0.15, -0.1) is 0 Å². The van der Waals surface area contributed by atoms with E-state index in [1.54, 1.807) is 68.4 Å². The third-order valence-electron chi connectivity index (χ3n) is 6.83. The lowest BCUT2D eigenvalue weighted by molar-refractivity contribution is -0.139. The van der Waals surface area contributed by atoms with Crippen LogP contribution in [0.4, 0.5) is 5.69 Å². The maximum Gasteiger partial charge on any atom is 0.264 e. The highest BCUT2D eigenvalue weighted by molar-refractivity contribution is 7.92. The fourth-order valence-electron chi connectivity index (χ4n) is 4.05. The summed E-state index contributed by atoms with van der Waals surface area (Å²) < 4.78 is 29.0. The summed E-state index contributed by atoms with van der Waals surface area (Å²) in [4.78, 5) is 28.6. The van der Waals surface area contributed by atoms with Gasteiger partial charge >= 0.3 is 0 Å². The van der Waals surface area contributed by atoms with Crippen LogP contribution in [0.15, 0.2) is 71.6 Å². The molecule has 40 heavy (non-hydrogen) atoms. The zero-order chi connectivity index (χ0) is 29.6. The van der Waals surface area contributed by atoms with Crippen LogP contribution in [0.2, 0.25) is 10.0 Å². The normalized spacial score (nSPS) is 12.9. The standard InChI is InChI=1S/C30H35Cl2N3O4S/c1-6-21(3)33-30(37)23(5)34(18-24-12-14-25(31)15-13-24)29(36)19-35(28-9-7-8-27(32)22(28)4)40(38,39)26-16-10-20(2)11-17-26/h7-17,21,23H,6,18-19H2,1-5H3,(H,33,37)/t21-,23+/m0/s1. The largest absolute Gasteiger partial charge is 0.352 e. The number of hydrogen-bond acceptors (Lipinski definition) is 4. The van der Waals surface area contributed by atoms with Gasteiger partial charge in [0.1, 0.15) is 12.6 Å². The summed E-state index contributed by atoms with van der Waals surface area (Å²) in [6.45, 7) is 8.58. The van der Waals surface area contributed by atoms with Gasteiger partial charge in [-0.25, -0.2) is 8.42 Å². The Morgan fingerprint density at radius 2 is 1.55 bits per heavy atom. The summed E-state index contributed by atoms with van der Waals surface area (Å²) in [5.74, 6) is -0.875. The second kappa shape index (κ2) is 13.5. The van der Waals surface area contributed by atoms with E-state index in [1.165, 1.54) is 17.0 Å². The van der Waals surface area contributed by atoms with Crippen molar-refractivity contribution in [1.29, 1.82) is 0 Å². The Morgan fingerprint density at radius 3 is 2.15 bits per heavy atom. The monoisotopic (exact) mass is 603 g/mol. The van der Waals surface area contributed by atoms with Gasteiger partial charge in [0.25, 0.3) is 10.0 Å². The molecule has 10 heteroatoms. The quantitative estimate of drug-likeness (QED) is 0.285. The Bertz CT molecular complexity index is 1440. The third kappa shape index (κ3) is 7.56. The van der Waals surface area contributed by atoms with Crippen LogP contribution in [0.1, 0.15) is 43.9 Å². The number of amides is 2. The number of rotatable bonds is 11. The first kappa shape index (κ1) is 31.5. The Morgan fingerprint density at radius 1 is 0.925 bits per heavy atom. The molecule has 0 fully saturated rings. The van der Waals surface area contributed by atoms with Gasteiger partial charge in [-0.3, -0.25) is 13.9 Å². The minimum atomic E-state index is -4.18. The number of hydrogen-bond donors (Lipinski definition) is 1. The van der Waals surface area contributed by atoms with E-state index in [-0.39, 0.29) is 29.1 Å². The summed E-state index contributed by atoms with van der Waals surface area (Å²) >= 11 is 12.4. The Balaban J connectivity index is 2.06. The molecular formula is C30H35Cl2N3O4S. The van der Waals surface area contributed by atoms with Crippen molar-refractivity contribution in [2.75, 3.05) is 10.8 Å². The van der Waals surface area contributed by atoms with Crippen molar-refractivity contribution in [3.63, 3.8) is 0 Å². The predicted octanol–water partition coefficient (Wildman–Crippen LogP) is 6.14. The molecule has 3 aromatic rings. The summed E-state index contributed by atoms with van der Waals surface area (Å²) in [5, 5.41) is 3.83. The van der Waals surface area contributed by atoms with Gasteiger partial charge in [0.15, 0.2) is 0 Å². The van der Waals surface area contributed by atoms with E-state index in [9.17, 15) is 18.0 Å². The minimum absolute atomic E-state index is 0.0390. The van der Waals surface area contributed by atoms with E-state index in [0.717, 1.165) is 21.9 Å². The molecule has 0 radical (unpaired) electrons. The Kier molecular flexibility index (Phi) is 10.6. The first-order valence-electron chi connectivity index (χ1n) is 13.0. The number of nitrogens with one attached hydrogen (secondary N) is 1. The van der Waals surface area contributed by atoms with E-state index in [2.05, 4.69) is 5.32 Å². The highest BCUT2D eigenvalue weighted by Gasteiger charge is 2.33. The SMILES string of the molecule is CC[C@H](C)NC(=O)[C@@H](C)N(Cc1ccc(Cl)cc1)C(=O)CN(c1cccc(Cl)c1C)S(=O)(=O)c1ccc(C)cc1. The van der Waals surface area contributed by atoms with Crippen LogP contribution >= 0.6 is 23.2 Å². The van der Waals surface area contributed by atoms with Crippen LogP contribution in [0.25, 0.3) is 0 Å². The number of sulfonamides is 1. The van der Waals surface area contributed by atoms with E-state index in [4.69, 9.17) is 23.2 Å². The Labute approximate surface area is 247 Å². The van der Waals surface area contributed by atoms with Crippen LogP contribution in [0, 0.1) is 13.8 Å². The molecule has 3 rings (SSSR count). The van der Waals surface area contributed by atoms with Crippen molar-refractivity contribution >= 4 is 50.7 Å². The number of anilines is 1. The van der Waals surface area contributed by atoms with Crippen LogP contribution < -0.4 is 9.62 Å². The summed E-state index contributed by atoms with van der Waals surface area (Å²) in [7, 11) is -4.18. The molecule has 3 aromatic carbocycles. The fraction of sp³-hybridized carbons (Fsp3) is 0.333. The fourth-order valence-corrected chi connectivity index (χ4v) is 5.82. The highest BCUT2D eigenvalue weighted by atomic mass is 35.5. The van der Waals surface area contributed by atoms with Crippen LogP contribution in [-0.4, -0.2) is 43.8 Å². The number of aryl methyl sites for hydroxylation is 1. The number of carbonyl (C=O) groups is 2. The molecule has 0 spiro atoms. The zero-order valence-corrected chi connectivity index (χ0v) is 25.6. The second-order valence-electron chi connectivity index (χ2n) is 9.85. The molecule has 0 unspecified atom stereocenters. The van der Waals surface area contributed by atoms with E-state index in [0.29, 0.717) is 15.6 Å². The van der Waals surface area contributed by atoms with Crippen molar-refractivity contribution in [2.24, 2.45) is 0 Å². The smallest absolute Gasteiger partial charge is 0.264 e. The summed E-state index contributed by atoms with van der Waals surface area (Å²) in [5.41, 5.74) is 2.44. The maximum atomic E-state index is 14.0. The van der Waals surface area contributed by atoms with Crippen molar-refractivity contribution < 1.29 is 18.0 Å². The lowest BCUT2D eigenvalue weighted by Crippen LogP contribution is -2.52. The zero-order valence-electron chi connectivity index (χ0n) is 23.3. The second-order valence-corrected chi connectivity index (χ2v) is 12.6. The average Bonchev–Trinajstić information content (AvgIpc) is 2.92. The van der Waals surface area contributed by atoms with E-state index < -0.39 is 28.5 Å². The molecule has 1 N–H and O–H groups in total. The molecule has 0 saturated carbocycles. The molecule has 0 aliphatic rings. The van der Waals surface area contributed by atoms with Gasteiger partial charge in [0.05, 0.1) is 10.6 Å². The van der Waals surface area contributed by atoms with Gasteiger partial charge in [-0.2, -0.15) is 0 Å². The molecule has 0 saturated heterocycles. The van der Waals surface area contributed by atoms with E-state index in [1.807, 2.05) is 20.8 Å². The minimum Gasteiger partial charge on any atom is -0.352 e. The molecule has 2 amide bonds. The van der Waals surface area contributed by atoms with Crippen LogP contribution in [0.3, 0.4) is 0 Å². The van der Waals surface area contributed by atoms with Gasteiger partial charge < -0.3 is 10.2 Å². The summed E-state index contributed by atoms with van der Waals surface area (Å²) in [6.07, 6.45) is 0.722. The molecule has 214 valence electrons. The molecule has 0 heterocycles. The molecular weight excluding hydrogens is 569 g/mol. The molecule has 2 atom stereocenters. The Hall–Kier alpha value is -3.07. The highest BCUT2D eigenvalue weighted by Crippen LogP contribution is 2.31. The molecule has 0 aromatic heterocycles. The predicted molar refractivity (Wildman–Crippen MR) is 161 cm³/mol. The first-order valence-corrected chi connectivity index (χ1v) is 15.2. The lowest BCUT2D eigenvalue weighted by Gasteiger charge is -2.33.